The third-order valence-corrected chi connectivity index (χ3v) is 8.04. The molecule has 0 saturated carbocycles. The molecule has 0 amide bonds. The molecule has 2 saturated heterocycles. The fourth-order valence-corrected chi connectivity index (χ4v) is 6.01. The largest absolute Gasteiger partial charge is 0.481 e. The number of fused-ring (bicyclic) bond motifs is 1. The highest BCUT2D eigenvalue weighted by molar-refractivity contribution is 5.91. The number of hydrogen-bond acceptors (Lipinski definition) is 4. The zero-order valence-corrected chi connectivity index (χ0v) is 20.4. The van der Waals surface area contributed by atoms with Crippen LogP contribution in [0.5, 0.6) is 5.88 Å². The van der Waals surface area contributed by atoms with Crippen molar-refractivity contribution in [2.24, 2.45) is 0 Å². The molecule has 0 spiro atoms. The lowest BCUT2D eigenvalue weighted by atomic mass is 9.87. The Morgan fingerprint density at radius 1 is 1.00 bits per heavy atom. The number of benzene rings is 1. The molecule has 2 aromatic heterocycles. The summed E-state index contributed by atoms with van der Waals surface area (Å²) < 4.78 is 5.35. The van der Waals surface area contributed by atoms with Gasteiger partial charge in [0, 0.05) is 40.5 Å². The first kappa shape index (κ1) is 22.4. The second-order valence-electron chi connectivity index (χ2n) is 9.70. The molecule has 0 bridgehead atoms. The van der Waals surface area contributed by atoms with Crippen LogP contribution in [-0.4, -0.2) is 65.6 Å². The fraction of sp³-hybridized carbons (Fsp3) is 0.536. The molecule has 0 atom stereocenters. The van der Waals surface area contributed by atoms with Gasteiger partial charge < -0.3 is 19.5 Å². The van der Waals surface area contributed by atoms with Gasteiger partial charge in [-0.1, -0.05) is 19.9 Å². The summed E-state index contributed by atoms with van der Waals surface area (Å²) in [6, 6.07) is 12.0. The van der Waals surface area contributed by atoms with E-state index in [1.54, 1.807) is 7.11 Å². The molecule has 0 aliphatic carbocycles. The number of nitrogens with one attached hydrogen (secondary N) is 1. The maximum atomic E-state index is 5.35. The summed E-state index contributed by atoms with van der Waals surface area (Å²) in [5.74, 6) is 1.33. The van der Waals surface area contributed by atoms with E-state index in [4.69, 9.17) is 4.74 Å². The predicted molar refractivity (Wildman–Crippen MR) is 136 cm³/mol. The normalized spacial score (nSPS) is 19.4. The Morgan fingerprint density at radius 3 is 2.48 bits per heavy atom. The Kier molecular flexibility index (Phi) is 6.70. The summed E-state index contributed by atoms with van der Waals surface area (Å²) >= 11 is 0. The Labute approximate surface area is 198 Å². The van der Waals surface area contributed by atoms with Crippen molar-refractivity contribution in [2.45, 2.75) is 57.9 Å². The summed E-state index contributed by atoms with van der Waals surface area (Å²) in [6.45, 7) is 10.8. The zero-order chi connectivity index (χ0) is 22.8. The minimum absolute atomic E-state index is 0.654. The molecule has 0 radical (unpaired) electrons. The molecule has 1 N–H and O–H groups in total. The maximum absolute atomic E-state index is 5.35. The highest BCUT2D eigenvalue weighted by atomic mass is 16.5. The number of rotatable bonds is 6. The molecule has 5 heteroatoms. The van der Waals surface area contributed by atoms with Crippen molar-refractivity contribution in [3.8, 4) is 17.1 Å². The van der Waals surface area contributed by atoms with Gasteiger partial charge in [0.05, 0.1) is 7.11 Å². The monoisotopic (exact) mass is 446 g/mol. The van der Waals surface area contributed by atoms with E-state index < -0.39 is 0 Å². The quantitative estimate of drug-likeness (QED) is 0.546. The van der Waals surface area contributed by atoms with Crippen LogP contribution in [0.15, 0.2) is 36.5 Å². The molecule has 33 heavy (non-hydrogen) atoms. The lowest BCUT2D eigenvalue weighted by molar-refractivity contribution is 0.0895. The lowest BCUT2D eigenvalue weighted by Gasteiger charge is -2.41. The zero-order valence-electron chi connectivity index (χ0n) is 20.4. The smallest absolute Gasteiger partial charge is 0.213 e. The Balaban J connectivity index is 1.33. The van der Waals surface area contributed by atoms with Gasteiger partial charge >= 0.3 is 0 Å². The minimum Gasteiger partial charge on any atom is -0.481 e. The van der Waals surface area contributed by atoms with Crippen molar-refractivity contribution in [1.82, 2.24) is 19.8 Å². The molecular weight excluding hydrogens is 408 g/mol. The van der Waals surface area contributed by atoms with E-state index in [0.717, 1.165) is 18.0 Å². The number of pyridine rings is 1. The van der Waals surface area contributed by atoms with Gasteiger partial charge in [0.15, 0.2) is 0 Å². The van der Waals surface area contributed by atoms with E-state index in [2.05, 4.69) is 57.9 Å². The van der Waals surface area contributed by atoms with E-state index >= 15 is 0 Å². The third kappa shape index (κ3) is 4.53. The van der Waals surface area contributed by atoms with Gasteiger partial charge in [-0.15, -0.1) is 0 Å². The first-order valence-corrected chi connectivity index (χ1v) is 12.8. The maximum Gasteiger partial charge on any atom is 0.213 e. The number of H-pyrrole nitrogens is 1. The van der Waals surface area contributed by atoms with E-state index in [1.165, 1.54) is 86.1 Å². The number of aromatic nitrogens is 2. The van der Waals surface area contributed by atoms with E-state index in [1.807, 2.05) is 12.3 Å². The van der Waals surface area contributed by atoms with Crippen LogP contribution in [-0.2, 0) is 6.42 Å². The van der Waals surface area contributed by atoms with Crippen molar-refractivity contribution < 1.29 is 4.74 Å². The summed E-state index contributed by atoms with van der Waals surface area (Å²) in [6.07, 6.45) is 8.06. The van der Waals surface area contributed by atoms with Crippen LogP contribution in [0.25, 0.3) is 22.2 Å². The molecule has 2 aliphatic rings. The summed E-state index contributed by atoms with van der Waals surface area (Å²) in [4.78, 5) is 13.3. The Morgan fingerprint density at radius 2 is 1.79 bits per heavy atom. The van der Waals surface area contributed by atoms with Crippen LogP contribution >= 0.6 is 0 Å². The molecule has 2 aliphatic heterocycles. The molecule has 5 nitrogen and oxygen atoms in total. The molecule has 4 heterocycles. The molecule has 176 valence electrons. The third-order valence-electron chi connectivity index (χ3n) is 8.04. The van der Waals surface area contributed by atoms with Gasteiger partial charge in [0.1, 0.15) is 0 Å². The second kappa shape index (κ2) is 9.86. The van der Waals surface area contributed by atoms with Crippen LogP contribution in [0, 0.1) is 0 Å². The summed E-state index contributed by atoms with van der Waals surface area (Å²) in [5, 5.41) is 1.37. The summed E-state index contributed by atoms with van der Waals surface area (Å²) in [7, 11) is 1.67. The van der Waals surface area contributed by atoms with Crippen molar-refractivity contribution in [3.05, 3.63) is 47.7 Å². The molecule has 3 aromatic rings. The number of aryl methyl sites for hydroxylation is 1. The van der Waals surface area contributed by atoms with Gasteiger partial charge in [-0.25, -0.2) is 4.98 Å². The van der Waals surface area contributed by atoms with Gasteiger partial charge in [0.2, 0.25) is 5.88 Å². The minimum atomic E-state index is 0.654. The van der Waals surface area contributed by atoms with Crippen molar-refractivity contribution in [1.29, 1.82) is 0 Å². The first-order valence-electron chi connectivity index (χ1n) is 12.8. The van der Waals surface area contributed by atoms with Crippen molar-refractivity contribution in [3.63, 3.8) is 0 Å². The standard InChI is InChI=1S/C28H38N4O/c1-4-24-25-18-21(6-7-26(25)30-28(24)22-8-13-29-27(19-22)33-3)20-9-16-32(17-10-20)23-11-14-31(5-2)15-12-23/h6-8,13,18-20,23,30H,4-5,9-12,14-17H2,1-3H3. The van der Waals surface area contributed by atoms with Gasteiger partial charge in [-0.05, 0) is 100 Å². The molecule has 2 fully saturated rings. The average Bonchev–Trinajstić information content (AvgIpc) is 3.27. The average molecular weight is 447 g/mol. The van der Waals surface area contributed by atoms with E-state index in [-0.39, 0.29) is 0 Å². The SMILES string of the molecule is CCc1c(-c2ccnc(OC)c2)[nH]c2ccc(C3CCN(C4CCN(CC)CC4)CC3)cc12. The van der Waals surface area contributed by atoms with Crippen molar-refractivity contribution >= 4 is 10.9 Å². The second-order valence-corrected chi connectivity index (χ2v) is 9.70. The number of aromatic amines is 1. The highest BCUT2D eigenvalue weighted by Gasteiger charge is 2.28. The predicted octanol–water partition coefficient (Wildman–Crippen LogP) is 5.46. The van der Waals surface area contributed by atoms with Gasteiger partial charge in [0.25, 0.3) is 0 Å². The number of likely N-dealkylation sites (tertiary alicyclic amines) is 2. The lowest BCUT2D eigenvalue weighted by Crippen LogP contribution is -2.47. The fourth-order valence-electron chi connectivity index (χ4n) is 6.01. The molecule has 1 aromatic carbocycles. The van der Waals surface area contributed by atoms with Gasteiger partial charge in [-0.3, -0.25) is 0 Å². The van der Waals surface area contributed by atoms with Crippen molar-refractivity contribution in [2.75, 3.05) is 39.8 Å². The molecule has 5 rings (SSSR count). The van der Waals surface area contributed by atoms with Gasteiger partial charge in [-0.2, -0.15) is 0 Å². The highest BCUT2D eigenvalue weighted by Crippen LogP contribution is 2.36. The summed E-state index contributed by atoms with van der Waals surface area (Å²) in [5.41, 5.74) is 6.45. The van der Waals surface area contributed by atoms with E-state index in [0.29, 0.717) is 11.8 Å². The van der Waals surface area contributed by atoms with Crippen LogP contribution < -0.4 is 4.74 Å². The number of ether oxygens (including phenoxy) is 1. The molecule has 0 unspecified atom stereocenters. The number of methoxy groups -OCH3 is 1. The van der Waals surface area contributed by atoms with Crippen LogP contribution in [0.2, 0.25) is 0 Å². The number of hydrogen-bond donors (Lipinski definition) is 1. The molecular formula is C28H38N4O. The Bertz CT molecular complexity index is 1070. The van der Waals surface area contributed by atoms with E-state index in [9.17, 15) is 0 Å². The van der Waals surface area contributed by atoms with Crippen LogP contribution in [0.1, 0.15) is 56.6 Å². The van der Waals surface area contributed by atoms with Crippen LogP contribution in [0.4, 0.5) is 0 Å². The van der Waals surface area contributed by atoms with Crippen LogP contribution in [0.3, 0.4) is 0 Å². The Hall–Kier alpha value is -2.37. The number of nitrogens with zero attached hydrogens (tertiary/aromatic N) is 3. The number of piperidine rings is 2. The topological polar surface area (TPSA) is 44.4 Å². The first-order chi connectivity index (χ1) is 16.2.